The minimum Gasteiger partial charge on any atom is -0.397 e. The summed E-state index contributed by atoms with van der Waals surface area (Å²) in [5, 5.41) is 0. The van der Waals surface area contributed by atoms with Gasteiger partial charge in [-0.05, 0) is 34.5 Å². The molecule has 2 nitrogen and oxygen atoms in total. The molecule has 0 saturated carbocycles. The van der Waals surface area contributed by atoms with E-state index in [1.807, 2.05) is 0 Å². The highest BCUT2D eigenvalue weighted by atomic mass is 79.9. The summed E-state index contributed by atoms with van der Waals surface area (Å²) in [4.78, 5) is 0. The van der Waals surface area contributed by atoms with Crippen LogP contribution >= 0.6 is 15.9 Å². The van der Waals surface area contributed by atoms with Gasteiger partial charge in [-0.25, -0.2) is 4.39 Å². The Labute approximate surface area is 72.5 Å². The maximum Gasteiger partial charge on any atom is 0.162 e. The maximum absolute atomic E-state index is 12.9. The van der Waals surface area contributed by atoms with E-state index >= 15 is 0 Å². The smallest absolute Gasteiger partial charge is 0.162 e. The topological polar surface area (TPSA) is 52.0 Å². The van der Waals surface area contributed by atoms with Gasteiger partial charge in [-0.2, -0.15) is 0 Å². The van der Waals surface area contributed by atoms with E-state index in [-0.39, 0.29) is 5.69 Å². The minimum absolute atomic E-state index is 0.0110. The highest BCUT2D eigenvalue weighted by Crippen LogP contribution is 2.29. The summed E-state index contributed by atoms with van der Waals surface area (Å²) in [5.41, 5.74) is 11.9. The lowest BCUT2D eigenvalue weighted by Gasteiger charge is -2.06. The van der Waals surface area contributed by atoms with E-state index in [1.165, 1.54) is 0 Å². The molecule has 11 heavy (non-hydrogen) atoms. The number of aryl methyl sites for hydroxylation is 1. The zero-order valence-corrected chi connectivity index (χ0v) is 7.57. The summed E-state index contributed by atoms with van der Waals surface area (Å²) in [6, 6.07) is 1.60. The molecule has 1 aromatic rings. The van der Waals surface area contributed by atoms with Crippen LogP contribution in [-0.4, -0.2) is 0 Å². The van der Waals surface area contributed by atoms with Crippen molar-refractivity contribution in [2.45, 2.75) is 6.92 Å². The van der Waals surface area contributed by atoms with E-state index in [0.717, 1.165) is 5.56 Å². The largest absolute Gasteiger partial charge is 0.397 e. The summed E-state index contributed by atoms with van der Waals surface area (Å²) in [6.07, 6.45) is 0. The van der Waals surface area contributed by atoms with Gasteiger partial charge >= 0.3 is 0 Å². The Morgan fingerprint density at radius 3 is 2.45 bits per heavy atom. The van der Waals surface area contributed by atoms with Crippen LogP contribution in [0.5, 0.6) is 0 Å². The first kappa shape index (κ1) is 8.33. The number of nitrogens with two attached hydrogens (primary N) is 2. The van der Waals surface area contributed by atoms with Crippen molar-refractivity contribution in [2.75, 3.05) is 11.5 Å². The molecule has 0 atom stereocenters. The van der Waals surface area contributed by atoms with E-state index in [2.05, 4.69) is 15.9 Å². The molecule has 0 radical (unpaired) electrons. The lowest BCUT2D eigenvalue weighted by atomic mass is 10.2. The van der Waals surface area contributed by atoms with E-state index in [1.54, 1.807) is 13.0 Å². The molecule has 0 aliphatic heterocycles. The van der Waals surface area contributed by atoms with Crippen LogP contribution in [0, 0.1) is 12.7 Å². The van der Waals surface area contributed by atoms with Crippen LogP contribution in [0.15, 0.2) is 10.5 Å². The molecule has 0 fully saturated rings. The number of nitrogen functional groups attached to an aromatic ring is 2. The molecular formula is C7H8BrFN2. The van der Waals surface area contributed by atoms with Crippen LogP contribution < -0.4 is 11.5 Å². The zero-order valence-electron chi connectivity index (χ0n) is 5.99. The summed E-state index contributed by atoms with van der Waals surface area (Å²) in [6.45, 7) is 1.77. The normalized spacial score (nSPS) is 10.1. The SMILES string of the molecule is Cc1cc(Br)c(F)c(N)c1N. The molecule has 0 bridgehead atoms. The maximum atomic E-state index is 12.9. The molecule has 1 aromatic carbocycles. The molecule has 4 N–H and O–H groups in total. The standard InChI is InChI=1S/C7H8BrFN2/c1-3-2-4(8)5(9)7(11)6(3)10/h2H,10-11H2,1H3. The molecule has 0 unspecified atom stereocenters. The van der Waals surface area contributed by atoms with Crippen molar-refractivity contribution in [3.63, 3.8) is 0 Å². The van der Waals surface area contributed by atoms with Gasteiger partial charge in [0, 0.05) is 0 Å². The van der Waals surface area contributed by atoms with Gasteiger partial charge < -0.3 is 11.5 Å². The van der Waals surface area contributed by atoms with Crippen LogP contribution in [0.25, 0.3) is 0 Å². The summed E-state index contributed by atoms with van der Waals surface area (Å²) >= 11 is 3.02. The van der Waals surface area contributed by atoms with Crippen molar-refractivity contribution in [1.82, 2.24) is 0 Å². The summed E-state index contributed by atoms with van der Waals surface area (Å²) in [7, 11) is 0. The lowest BCUT2D eigenvalue weighted by molar-refractivity contribution is 0.626. The molecule has 0 saturated heterocycles. The fourth-order valence-electron chi connectivity index (χ4n) is 0.791. The number of rotatable bonds is 0. The number of halogens is 2. The van der Waals surface area contributed by atoms with Crippen molar-refractivity contribution >= 4 is 27.3 Å². The number of hydrogen-bond acceptors (Lipinski definition) is 2. The number of anilines is 2. The van der Waals surface area contributed by atoms with Gasteiger partial charge in [0.05, 0.1) is 15.8 Å². The van der Waals surface area contributed by atoms with Crippen molar-refractivity contribution in [2.24, 2.45) is 0 Å². The fourth-order valence-corrected chi connectivity index (χ4v) is 1.35. The minimum atomic E-state index is -0.492. The Kier molecular flexibility index (Phi) is 2.04. The predicted molar refractivity (Wildman–Crippen MR) is 47.7 cm³/mol. The van der Waals surface area contributed by atoms with Gasteiger partial charge in [0.25, 0.3) is 0 Å². The fraction of sp³-hybridized carbons (Fsp3) is 0.143. The molecule has 1 rings (SSSR count). The predicted octanol–water partition coefficient (Wildman–Crippen LogP) is 2.06. The van der Waals surface area contributed by atoms with Crippen LogP contribution in [0.2, 0.25) is 0 Å². The number of benzene rings is 1. The molecule has 0 aliphatic carbocycles. The lowest BCUT2D eigenvalue weighted by Crippen LogP contribution is -2.00. The van der Waals surface area contributed by atoms with E-state index < -0.39 is 5.82 Å². The highest BCUT2D eigenvalue weighted by Gasteiger charge is 2.08. The highest BCUT2D eigenvalue weighted by molar-refractivity contribution is 9.10. The third-order valence-corrected chi connectivity index (χ3v) is 2.08. The van der Waals surface area contributed by atoms with Crippen molar-refractivity contribution in [1.29, 1.82) is 0 Å². The quantitative estimate of drug-likeness (QED) is 0.656. The number of hydrogen-bond donors (Lipinski definition) is 2. The molecule has 0 amide bonds. The Bertz CT molecular complexity index is 273. The van der Waals surface area contributed by atoms with Gasteiger partial charge in [-0.15, -0.1) is 0 Å². The van der Waals surface area contributed by atoms with Crippen LogP contribution in [-0.2, 0) is 0 Å². The van der Waals surface area contributed by atoms with Crippen molar-refractivity contribution in [3.8, 4) is 0 Å². The Hall–Kier alpha value is -0.770. The second kappa shape index (κ2) is 2.70. The van der Waals surface area contributed by atoms with Gasteiger partial charge in [-0.3, -0.25) is 0 Å². The summed E-state index contributed by atoms with van der Waals surface area (Å²) in [5.74, 6) is -0.492. The molecule has 0 aliphatic rings. The van der Waals surface area contributed by atoms with Crippen LogP contribution in [0.1, 0.15) is 5.56 Å². The van der Waals surface area contributed by atoms with Crippen LogP contribution in [0.4, 0.5) is 15.8 Å². The second-order valence-corrected chi connectivity index (χ2v) is 3.17. The molecule has 4 heteroatoms. The zero-order chi connectivity index (χ0) is 8.59. The van der Waals surface area contributed by atoms with Crippen molar-refractivity contribution in [3.05, 3.63) is 21.9 Å². The van der Waals surface area contributed by atoms with Gasteiger partial charge in [0.15, 0.2) is 5.82 Å². The van der Waals surface area contributed by atoms with Gasteiger partial charge in [0.1, 0.15) is 0 Å². The molecular weight excluding hydrogens is 211 g/mol. The molecule has 0 spiro atoms. The second-order valence-electron chi connectivity index (χ2n) is 2.32. The Balaban J connectivity index is 3.46. The first-order valence-electron chi connectivity index (χ1n) is 3.03. The van der Waals surface area contributed by atoms with Gasteiger partial charge in [-0.1, -0.05) is 0 Å². The average Bonchev–Trinajstić information content (AvgIpc) is 1.97. The monoisotopic (exact) mass is 218 g/mol. The van der Waals surface area contributed by atoms with Crippen molar-refractivity contribution < 1.29 is 4.39 Å². The Morgan fingerprint density at radius 2 is 1.91 bits per heavy atom. The third kappa shape index (κ3) is 1.30. The average molecular weight is 219 g/mol. The van der Waals surface area contributed by atoms with E-state index in [4.69, 9.17) is 11.5 Å². The Morgan fingerprint density at radius 1 is 1.36 bits per heavy atom. The van der Waals surface area contributed by atoms with Gasteiger partial charge in [0.2, 0.25) is 0 Å². The first-order valence-corrected chi connectivity index (χ1v) is 3.83. The van der Waals surface area contributed by atoms with E-state index in [9.17, 15) is 4.39 Å². The first-order chi connectivity index (χ1) is 5.04. The summed E-state index contributed by atoms with van der Waals surface area (Å²) < 4.78 is 13.3. The molecule has 0 heterocycles. The molecule has 60 valence electrons. The molecule has 0 aromatic heterocycles. The third-order valence-electron chi connectivity index (χ3n) is 1.50. The van der Waals surface area contributed by atoms with Crippen LogP contribution in [0.3, 0.4) is 0 Å². The van der Waals surface area contributed by atoms with E-state index in [0.29, 0.717) is 10.2 Å².